The van der Waals surface area contributed by atoms with Crippen LogP contribution >= 0.6 is 0 Å². The molecular formula is C23H18N8O7. The molecule has 2 unspecified atom stereocenters. The molecule has 1 saturated heterocycles. The topological polar surface area (TPSA) is 215 Å². The molecule has 2 aromatic carbocycles. The van der Waals surface area contributed by atoms with Crippen LogP contribution in [0.25, 0.3) is 0 Å². The van der Waals surface area contributed by atoms with Crippen LogP contribution in [0.4, 0.5) is 11.4 Å². The van der Waals surface area contributed by atoms with Gasteiger partial charge in [-0.25, -0.2) is 10.9 Å². The number of pyridine rings is 1. The Morgan fingerprint density at radius 1 is 0.921 bits per heavy atom. The van der Waals surface area contributed by atoms with Crippen molar-refractivity contribution in [3.63, 3.8) is 0 Å². The number of nitro groups is 2. The molecule has 15 heteroatoms. The first-order chi connectivity index (χ1) is 18.2. The first-order valence-corrected chi connectivity index (χ1v) is 10.8. The van der Waals surface area contributed by atoms with Crippen LogP contribution in [0.5, 0.6) is 0 Å². The molecule has 1 aromatic heterocycles. The Morgan fingerprint density at radius 3 is 2.08 bits per heavy atom. The molecule has 38 heavy (non-hydrogen) atoms. The number of nitro benzene ring substituents is 2. The van der Waals surface area contributed by atoms with E-state index < -0.39 is 39.7 Å². The maximum absolute atomic E-state index is 12.7. The largest absolute Gasteiger partial charge is 0.466 e. The zero-order valence-corrected chi connectivity index (χ0v) is 19.2. The summed E-state index contributed by atoms with van der Waals surface area (Å²) >= 11 is 0. The third kappa shape index (κ3) is 5.63. The second-order valence-corrected chi connectivity index (χ2v) is 7.78. The Hall–Kier alpha value is -5.57. The first kappa shape index (κ1) is 25.5. The SMILES string of the molecule is N=C1OC(c2ccncc2)C(NNC(=O)c2cccc([N+](=O)[O-])c2)/C1=N/NC(=O)c1cccc([N+](=O)[O-])c1. The fourth-order valence-electron chi connectivity index (χ4n) is 3.53. The summed E-state index contributed by atoms with van der Waals surface area (Å²) in [6, 6.07) is 12.3. The van der Waals surface area contributed by atoms with Gasteiger partial charge in [0.05, 0.1) is 9.85 Å². The van der Waals surface area contributed by atoms with Gasteiger partial charge in [0.15, 0.2) is 0 Å². The lowest BCUT2D eigenvalue weighted by atomic mass is 10.0. The Labute approximate surface area is 213 Å². The molecule has 1 aliphatic heterocycles. The van der Waals surface area contributed by atoms with Crippen LogP contribution in [0.15, 0.2) is 78.2 Å². The van der Waals surface area contributed by atoms with Crippen molar-refractivity contribution in [1.29, 1.82) is 5.41 Å². The summed E-state index contributed by atoms with van der Waals surface area (Å²) in [6.07, 6.45) is 2.13. The minimum atomic E-state index is -0.988. The van der Waals surface area contributed by atoms with Gasteiger partial charge in [-0.1, -0.05) is 12.1 Å². The Kier molecular flexibility index (Phi) is 7.39. The van der Waals surface area contributed by atoms with E-state index in [0.717, 1.165) is 12.1 Å². The average molecular weight is 518 g/mol. The van der Waals surface area contributed by atoms with Gasteiger partial charge in [0.1, 0.15) is 17.9 Å². The summed E-state index contributed by atoms with van der Waals surface area (Å²) in [4.78, 5) is 49.9. The third-order valence-electron chi connectivity index (χ3n) is 5.37. The summed E-state index contributed by atoms with van der Waals surface area (Å²) in [6.45, 7) is 0. The number of carbonyl (C=O) groups is 2. The molecule has 192 valence electrons. The highest BCUT2D eigenvalue weighted by molar-refractivity contribution is 6.41. The van der Waals surface area contributed by atoms with Crippen molar-refractivity contribution < 1.29 is 24.2 Å². The number of non-ortho nitro benzene ring substituents is 2. The molecule has 4 rings (SSSR count). The van der Waals surface area contributed by atoms with Crippen molar-refractivity contribution >= 4 is 34.8 Å². The highest BCUT2D eigenvalue weighted by Crippen LogP contribution is 2.28. The lowest BCUT2D eigenvalue weighted by Crippen LogP contribution is -2.49. The summed E-state index contributed by atoms with van der Waals surface area (Å²) in [5, 5.41) is 34.3. The van der Waals surface area contributed by atoms with Crippen molar-refractivity contribution in [3.8, 4) is 0 Å². The Morgan fingerprint density at radius 2 is 1.50 bits per heavy atom. The number of aromatic nitrogens is 1. The molecule has 0 aliphatic carbocycles. The molecule has 4 N–H and O–H groups in total. The lowest BCUT2D eigenvalue weighted by Gasteiger charge is -2.19. The quantitative estimate of drug-likeness (QED) is 0.253. The number of rotatable bonds is 8. The van der Waals surface area contributed by atoms with E-state index in [1.165, 1.54) is 48.8 Å². The molecule has 0 radical (unpaired) electrons. The molecule has 1 fully saturated rings. The van der Waals surface area contributed by atoms with E-state index in [4.69, 9.17) is 10.1 Å². The van der Waals surface area contributed by atoms with Crippen molar-refractivity contribution in [2.75, 3.05) is 0 Å². The van der Waals surface area contributed by atoms with Gasteiger partial charge in [0.2, 0.25) is 5.90 Å². The number of nitrogens with zero attached hydrogens (tertiary/aromatic N) is 4. The number of hydrogen-bond acceptors (Lipinski definition) is 11. The molecule has 0 saturated carbocycles. The van der Waals surface area contributed by atoms with E-state index >= 15 is 0 Å². The maximum atomic E-state index is 12.7. The Bertz CT molecular complexity index is 1460. The number of hydrazine groups is 1. The van der Waals surface area contributed by atoms with Gasteiger partial charge < -0.3 is 4.74 Å². The van der Waals surface area contributed by atoms with Gasteiger partial charge in [-0.15, -0.1) is 0 Å². The number of carbonyl (C=O) groups excluding carboxylic acids is 2. The van der Waals surface area contributed by atoms with Crippen molar-refractivity contribution in [1.82, 2.24) is 21.3 Å². The fraction of sp³-hybridized carbons (Fsp3) is 0.0870. The average Bonchev–Trinajstić information content (AvgIpc) is 3.25. The molecule has 2 amide bonds. The summed E-state index contributed by atoms with van der Waals surface area (Å²) in [5.41, 5.74) is 7.26. The third-order valence-corrected chi connectivity index (χ3v) is 5.37. The molecule has 1 aliphatic rings. The number of hydrazone groups is 1. The molecule has 3 aromatic rings. The maximum Gasteiger partial charge on any atom is 0.271 e. The van der Waals surface area contributed by atoms with Crippen LogP contribution in [-0.2, 0) is 4.74 Å². The smallest absolute Gasteiger partial charge is 0.271 e. The second-order valence-electron chi connectivity index (χ2n) is 7.78. The molecule has 0 bridgehead atoms. The molecule has 0 spiro atoms. The van der Waals surface area contributed by atoms with Crippen LogP contribution in [0.1, 0.15) is 32.4 Å². The summed E-state index contributed by atoms with van der Waals surface area (Å²) < 4.78 is 5.63. The van der Waals surface area contributed by atoms with Crippen molar-refractivity contribution in [3.05, 3.63) is 110 Å². The minimum absolute atomic E-state index is 0.00128. The lowest BCUT2D eigenvalue weighted by molar-refractivity contribution is -0.385. The number of benzene rings is 2. The van der Waals surface area contributed by atoms with E-state index in [-0.39, 0.29) is 28.2 Å². The predicted octanol–water partition coefficient (Wildman–Crippen LogP) is 2.04. The van der Waals surface area contributed by atoms with E-state index in [9.17, 15) is 29.8 Å². The fourth-order valence-corrected chi connectivity index (χ4v) is 3.53. The first-order valence-electron chi connectivity index (χ1n) is 10.8. The van der Waals surface area contributed by atoms with Crippen LogP contribution in [0, 0.1) is 25.6 Å². The summed E-state index contributed by atoms with van der Waals surface area (Å²) in [7, 11) is 0. The van der Waals surface area contributed by atoms with Gasteiger partial charge in [-0.2, -0.15) is 5.10 Å². The van der Waals surface area contributed by atoms with E-state index in [2.05, 4.69) is 26.4 Å². The highest BCUT2D eigenvalue weighted by atomic mass is 16.6. The zero-order chi connectivity index (χ0) is 27.2. The molecular weight excluding hydrogens is 500 g/mol. The molecule has 2 heterocycles. The van der Waals surface area contributed by atoms with Gasteiger partial charge in [-0.3, -0.25) is 45.6 Å². The van der Waals surface area contributed by atoms with Crippen LogP contribution in [0.2, 0.25) is 0 Å². The second kappa shape index (κ2) is 11.0. The van der Waals surface area contributed by atoms with E-state index in [1.807, 2.05) is 0 Å². The highest BCUT2D eigenvalue weighted by Gasteiger charge is 2.41. The van der Waals surface area contributed by atoms with E-state index in [1.54, 1.807) is 12.1 Å². The standard InChI is InChI=1S/C23H18N8O7/c24-21-19(27-29-23(33)15-4-2-6-17(12-15)31(36)37)18(20(38-21)13-7-9-25-10-8-13)26-28-22(32)14-3-1-5-16(11-14)30(34)35/h1-12,18,20,24,26H,(H,28,32)(H,29,33)/b24-21?,27-19-. The number of hydrogen-bond donors (Lipinski definition) is 4. The van der Waals surface area contributed by atoms with Crippen molar-refractivity contribution in [2.24, 2.45) is 5.10 Å². The minimum Gasteiger partial charge on any atom is -0.466 e. The summed E-state index contributed by atoms with van der Waals surface area (Å²) in [5.74, 6) is -1.89. The Balaban J connectivity index is 1.57. The number of nitrogens with one attached hydrogen (secondary N) is 4. The zero-order valence-electron chi connectivity index (χ0n) is 19.2. The molecule has 15 nitrogen and oxygen atoms in total. The van der Waals surface area contributed by atoms with Crippen LogP contribution < -0.4 is 16.3 Å². The molecule has 2 atom stereocenters. The predicted molar refractivity (Wildman–Crippen MR) is 131 cm³/mol. The van der Waals surface area contributed by atoms with E-state index in [0.29, 0.717) is 5.56 Å². The van der Waals surface area contributed by atoms with Gasteiger partial charge in [-0.05, 0) is 29.8 Å². The van der Waals surface area contributed by atoms with Crippen molar-refractivity contribution in [2.45, 2.75) is 12.1 Å². The van der Waals surface area contributed by atoms with Crippen LogP contribution in [-0.4, -0.2) is 44.3 Å². The number of amides is 2. The monoisotopic (exact) mass is 518 g/mol. The normalized spacial score (nSPS) is 17.5. The van der Waals surface area contributed by atoms with Gasteiger partial charge in [0.25, 0.3) is 23.2 Å². The van der Waals surface area contributed by atoms with Gasteiger partial charge in [0, 0.05) is 47.8 Å². The van der Waals surface area contributed by atoms with Crippen LogP contribution in [0.3, 0.4) is 0 Å². The number of ether oxygens (including phenoxy) is 1. The van der Waals surface area contributed by atoms with Gasteiger partial charge >= 0.3 is 0 Å².